The van der Waals surface area contributed by atoms with Crippen LogP contribution in [0.4, 0.5) is 5.88 Å². The van der Waals surface area contributed by atoms with Gasteiger partial charge in [-0.2, -0.15) is 0 Å². The van der Waals surface area contributed by atoms with E-state index in [-0.39, 0.29) is 0 Å². The summed E-state index contributed by atoms with van der Waals surface area (Å²) in [5, 5.41) is 0.964. The Morgan fingerprint density at radius 2 is 1.90 bits per heavy atom. The molecule has 2 aromatic carbocycles. The fourth-order valence-electron chi connectivity index (χ4n) is 4.95. The molecule has 0 fully saturated rings. The van der Waals surface area contributed by atoms with E-state index in [4.69, 9.17) is 9.40 Å². The van der Waals surface area contributed by atoms with E-state index in [1.165, 1.54) is 5.56 Å². The zero-order chi connectivity index (χ0) is 26.8. The van der Waals surface area contributed by atoms with E-state index in [0.717, 1.165) is 52.3 Å². The normalized spacial score (nSPS) is 12.1. The summed E-state index contributed by atoms with van der Waals surface area (Å²) in [6.07, 6.45) is 11.3. The van der Waals surface area contributed by atoms with Crippen LogP contribution in [-0.2, 0) is 24.7 Å². The van der Waals surface area contributed by atoms with Gasteiger partial charge in [0.05, 0.1) is 18.2 Å². The van der Waals surface area contributed by atoms with Gasteiger partial charge in [-0.3, -0.25) is 14.7 Å². The molecule has 6 aromatic rings. The second-order valence-electron chi connectivity index (χ2n) is 9.44. The van der Waals surface area contributed by atoms with Crippen molar-refractivity contribution < 1.29 is 9.21 Å². The van der Waals surface area contributed by atoms with Gasteiger partial charge in [0.15, 0.2) is 0 Å². The van der Waals surface area contributed by atoms with E-state index in [1.54, 1.807) is 23.6 Å². The number of furan rings is 1. The molecule has 0 aliphatic carbocycles. The van der Waals surface area contributed by atoms with Crippen molar-refractivity contribution in [1.29, 1.82) is 0 Å². The summed E-state index contributed by atoms with van der Waals surface area (Å²) < 4.78 is 10.2. The van der Waals surface area contributed by atoms with E-state index in [1.807, 2.05) is 71.0 Å². The molecule has 0 aliphatic heterocycles. The third-order valence-electron chi connectivity index (χ3n) is 7.10. The standard InChI is InChI=1S/C31H28N6O2/c1-3-22-7-12-29-24(16-22)17-30(39-29)37(21-38)27(18-25-6-4-5-13-33-25)31-34-19-28(35(31)2)23-8-10-26(11-9-23)36-15-14-32-20-36/h4-17,19-21,27H,3,18H2,1-2H3/t27-/m0/s1. The number of benzene rings is 2. The number of anilines is 1. The van der Waals surface area contributed by atoms with E-state index >= 15 is 0 Å². The van der Waals surface area contributed by atoms with Crippen LogP contribution in [-0.4, -0.2) is 30.5 Å². The number of hydrogen-bond donors (Lipinski definition) is 0. The molecule has 194 valence electrons. The van der Waals surface area contributed by atoms with Gasteiger partial charge >= 0.3 is 0 Å². The summed E-state index contributed by atoms with van der Waals surface area (Å²) in [6.45, 7) is 2.12. The van der Waals surface area contributed by atoms with Crippen LogP contribution in [0, 0.1) is 0 Å². The monoisotopic (exact) mass is 516 g/mol. The molecule has 0 saturated heterocycles. The molecule has 39 heavy (non-hydrogen) atoms. The number of carbonyl (C=O) groups is 1. The van der Waals surface area contributed by atoms with Crippen LogP contribution in [0.3, 0.4) is 0 Å². The predicted octanol–water partition coefficient (Wildman–Crippen LogP) is 5.92. The lowest BCUT2D eigenvalue weighted by Gasteiger charge is -2.26. The van der Waals surface area contributed by atoms with Gasteiger partial charge in [0, 0.05) is 54.9 Å². The maximum absolute atomic E-state index is 12.6. The predicted molar refractivity (Wildman–Crippen MR) is 151 cm³/mol. The Morgan fingerprint density at radius 3 is 2.62 bits per heavy atom. The third-order valence-corrected chi connectivity index (χ3v) is 7.10. The van der Waals surface area contributed by atoms with E-state index in [9.17, 15) is 4.79 Å². The van der Waals surface area contributed by atoms with Gasteiger partial charge in [0.1, 0.15) is 17.4 Å². The van der Waals surface area contributed by atoms with Crippen molar-refractivity contribution in [3.8, 4) is 16.9 Å². The van der Waals surface area contributed by atoms with Gasteiger partial charge in [-0.25, -0.2) is 9.97 Å². The minimum atomic E-state index is -0.437. The van der Waals surface area contributed by atoms with Crippen molar-refractivity contribution in [2.75, 3.05) is 4.90 Å². The average Bonchev–Trinajstić information content (AvgIpc) is 3.73. The van der Waals surface area contributed by atoms with Crippen LogP contribution < -0.4 is 4.90 Å². The number of rotatable bonds is 9. The van der Waals surface area contributed by atoms with Crippen molar-refractivity contribution in [2.24, 2.45) is 7.05 Å². The maximum atomic E-state index is 12.6. The maximum Gasteiger partial charge on any atom is 0.217 e. The van der Waals surface area contributed by atoms with E-state index in [0.29, 0.717) is 12.3 Å². The molecule has 0 bridgehead atoms. The Labute approximate surface area is 226 Å². The summed E-state index contributed by atoms with van der Waals surface area (Å²) in [5.74, 6) is 1.21. The molecule has 4 aromatic heterocycles. The summed E-state index contributed by atoms with van der Waals surface area (Å²) in [7, 11) is 1.97. The van der Waals surface area contributed by atoms with Crippen LogP contribution in [0.15, 0.2) is 102 Å². The smallest absolute Gasteiger partial charge is 0.217 e. The number of pyridine rings is 1. The number of imidazole rings is 2. The van der Waals surface area contributed by atoms with E-state index < -0.39 is 6.04 Å². The largest absolute Gasteiger partial charge is 0.440 e. The molecule has 4 heterocycles. The Morgan fingerprint density at radius 1 is 1.03 bits per heavy atom. The molecule has 0 saturated carbocycles. The number of fused-ring (bicyclic) bond motifs is 1. The Bertz CT molecular complexity index is 1700. The topological polar surface area (TPSA) is 82.0 Å². The van der Waals surface area contributed by atoms with Gasteiger partial charge in [-0.05, 0) is 53.9 Å². The summed E-state index contributed by atoms with van der Waals surface area (Å²) in [6, 6.07) is 21.6. The SMILES string of the molecule is CCc1ccc2oc(N(C=O)[C@@H](Cc3ccccn3)c3ncc(-c4ccc(-n5ccnc5)cc4)n3C)cc2c1. The highest BCUT2D eigenvalue weighted by molar-refractivity contribution is 5.85. The third kappa shape index (κ3) is 4.72. The summed E-state index contributed by atoms with van der Waals surface area (Å²) >= 11 is 0. The summed E-state index contributed by atoms with van der Waals surface area (Å²) in [5.41, 5.74) is 5.79. The fraction of sp³-hybridized carbons (Fsp3) is 0.161. The molecule has 6 rings (SSSR count). The molecule has 0 spiro atoms. The fourth-order valence-corrected chi connectivity index (χ4v) is 4.95. The van der Waals surface area contributed by atoms with Gasteiger partial charge in [0.25, 0.3) is 0 Å². The van der Waals surface area contributed by atoms with Crippen LogP contribution >= 0.6 is 0 Å². The van der Waals surface area contributed by atoms with Crippen LogP contribution in [0.5, 0.6) is 0 Å². The van der Waals surface area contributed by atoms with Gasteiger partial charge in [0.2, 0.25) is 12.3 Å². The molecule has 0 unspecified atom stereocenters. The average molecular weight is 517 g/mol. The van der Waals surface area contributed by atoms with Crippen molar-refractivity contribution in [2.45, 2.75) is 25.8 Å². The first-order valence-corrected chi connectivity index (χ1v) is 12.9. The number of aryl methyl sites for hydroxylation is 1. The first kappa shape index (κ1) is 24.4. The Kier molecular flexibility index (Phi) is 6.50. The number of nitrogens with zero attached hydrogens (tertiary/aromatic N) is 6. The Hall–Kier alpha value is -4.98. The molecular formula is C31H28N6O2. The van der Waals surface area contributed by atoms with E-state index in [2.05, 4.69) is 41.2 Å². The second kappa shape index (κ2) is 10.4. The molecule has 0 N–H and O–H groups in total. The van der Waals surface area contributed by atoms with Crippen molar-refractivity contribution >= 4 is 23.3 Å². The van der Waals surface area contributed by atoms with Crippen LogP contribution in [0.2, 0.25) is 0 Å². The molecule has 1 amide bonds. The number of aromatic nitrogens is 5. The minimum absolute atomic E-state index is 0.437. The highest BCUT2D eigenvalue weighted by Crippen LogP contribution is 2.34. The lowest BCUT2D eigenvalue weighted by molar-refractivity contribution is -0.108. The molecule has 8 nitrogen and oxygen atoms in total. The zero-order valence-electron chi connectivity index (χ0n) is 21.8. The second-order valence-corrected chi connectivity index (χ2v) is 9.44. The van der Waals surface area contributed by atoms with Gasteiger partial charge in [-0.1, -0.05) is 31.2 Å². The number of hydrogen-bond acceptors (Lipinski definition) is 5. The van der Waals surface area contributed by atoms with Crippen molar-refractivity contribution in [1.82, 2.24) is 24.1 Å². The number of carbonyl (C=O) groups excluding carboxylic acids is 1. The minimum Gasteiger partial charge on any atom is -0.440 e. The molecule has 0 radical (unpaired) electrons. The first-order chi connectivity index (χ1) is 19.1. The molecular weight excluding hydrogens is 488 g/mol. The lowest BCUT2D eigenvalue weighted by atomic mass is 10.1. The quantitative estimate of drug-likeness (QED) is 0.223. The molecule has 0 aliphatic rings. The van der Waals surface area contributed by atoms with Gasteiger partial charge in [-0.15, -0.1) is 0 Å². The highest BCUT2D eigenvalue weighted by Gasteiger charge is 2.29. The lowest BCUT2D eigenvalue weighted by Crippen LogP contribution is -2.31. The van der Waals surface area contributed by atoms with Crippen molar-refractivity contribution in [3.63, 3.8) is 0 Å². The van der Waals surface area contributed by atoms with Crippen molar-refractivity contribution in [3.05, 3.63) is 115 Å². The van der Waals surface area contributed by atoms with Crippen LogP contribution in [0.25, 0.3) is 27.9 Å². The Balaban J connectivity index is 1.39. The molecule has 1 atom stereocenters. The highest BCUT2D eigenvalue weighted by atomic mass is 16.4. The zero-order valence-corrected chi connectivity index (χ0v) is 21.8. The van der Waals surface area contributed by atoms with Gasteiger partial charge < -0.3 is 13.6 Å². The first-order valence-electron chi connectivity index (χ1n) is 12.9. The number of amides is 1. The summed E-state index contributed by atoms with van der Waals surface area (Å²) in [4.78, 5) is 27.7. The van der Waals surface area contributed by atoms with Crippen LogP contribution in [0.1, 0.15) is 30.0 Å². The molecule has 8 heteroatoms.